The minimum absolute atomic E-state index is 0.768. The minimum atomic E-state index is 0.768. The average molecular weight is 245 g/mol. The maximum atomic E-state index is 5.74. The molecule has 0 aliphatic heterocycles. The third kappa shape index (κ3) is 4.11. The summed E-state index contributed by atoms with van der Waals surface area (Å²) in [4.78, 5) is 0. The van der Waals surface area contributed by atoms with Gasteiger partial charge in [-0.25, -0.2) is 0 Å². The number of benzene rings is 1. The van der Waals surface area contributed by atoms with Gasteiger partial charge in [-0.3, -0.25) is 0 Å². The van der Waals surface area contributed by atoms with E-state index in [0.29, 0.717) is 0 Å². The van der Waals surface area contributed by atoms with Gasteiger partial charge in [0, 0.05) is 19.2 Å². The van der Waals surface area contributed by atoms with Gasteiger partial charge >= 0.3 is 0 Å². The van der Waals surface area contributed by atoms with Gasteiger partial charge in [0.15, 0.2) is 0 Å². The Morgan fingerprint density at radius 1 is 1.11 bits per heavy atom. The summed E-state index contributed by atoms with van der Waals surface area (Å²) in [6.45, 7) is 2.69. The summed E-state index contributed by atoms with van der Waals surface area (Å²) in [6.07, 6.45) is 6.80. The van der Waals surface area contributed by atoms with Crippen molar-refractivity contribution in [1.29, 1.82) is 0 Å². The molecule has 2 heteroatoms. The smallest absolute Gasteiger partial charge is 0.0716 e. The first-order valence-corrected chi connectivity index (χ1v) is 7.29. The van der Waals surface area contributed by atoms with Crippen LogP contribution in [0.2, 0.25) is 0 Å². The van der Waals surface area contributed by atoms with E-state index in [-0.39, 0.29) is 0 Å². The summed E-state index contributed by atoms with van der Waals surface area (Å²) in [5.74, 6) is 0.971. The first-order valence-electron chi connectivity index (χ1n) is 7.29. The Kier molecular flexibility index (Phi) is 3.96. The molecule has 0 saturated heterocycles. The Bertz CT molecular complexity index is 382. The van der Waals surface area contributed by atoms with E-state index < -0.39 is 0 Å². The van der Waals surface area contributed by atoms with E-state index >= 15 is 0 Å². The molecule has 0 atom stereocenters. The third-order valence-corrected chi connectivity index (χ3v) is 3.80. The van der Waals surface area contributed by atoms with E-state index in [9.17, 15) is 0 Å². The monoisotopic (exact) mass is 245 g/mol. The van der Waals surface area contributed by atoms with Crippen LogP contribution < -0.4 is 5.32 Å². The number of hydrogen-bond donors (Lipinski definition) is 1. The van der Waals surface area contributed by atoms with E-state index in [4.69, 9.17) is 4.74 Å². The van der Waals surface area contributed by atoms with Crippen LogP contribution in [0, 0.1) is 5.92 Å². The van der Waals surface area contributed by atoms with E-state index in [0.717, 1.165) is 31.7 Å². The summed E-state index contributed by atoms with van der Waals surface area (Å²) < 4.78 is 5.74. The van der Waals surface area contributed by atoms with Crippen LogP contribution in [0.3, 0.4) is 0 Å². The second-order valence-corrected chi connectivity index (χ2v) is 5.76. The van der Waals surface area contributed by atoms with Gasteiger partial charge in [0.05, 0.1) is 6.61 Å². The quantitative estimate of drug-likeness (QED) is 0.710. The lowest BCUT2D eigenvalue weighted by atomic mass is 10.1. The number of hydrogen-bond acceptors (Lipinski definition) is 2. The Labute approximate surface area is 110 Å². The predicted octanol–water partition coefficient (Wildman–Crippen LogP) is 3.26. The molecule has 0 amide bonds. The standard InChI is InChI=1S/C16H23NO/c1-2-14(11-17-16-6-7-16)10-15(3-1)12-18-9-8-13-4-5-13/h1-3,10,13,16-17H,4-9,11-12H2. The summed E-state index contributed by atoms with van der Waals surface area (Å²) in [6, 6.07) is 9.56. The fraction of sp³-hybridized carbons (Fsp3) is 0.625. The first kappa shape index (κ1) is 12.2. The van der Waals surface area contributed by atoms with Crippen LogP contribution in [-0.4, -0.2) is 12.6 Å². The maximum Gasteiger partial charge on any atom is 0.0716 e. The zero-order chi connectivity index (χ0) is 12.2. The van der Waals surface area contributed by atoms with Crippen LogP contribution in [0.5, 0.6) is 0 Å². The van der Waals surface area contributed by atoms with Crippen molar-refractivity contribution in [2.45, 2.75) is 51.3 Å². The van der Waals surface area contributed by atoms with Crippen LogP contribution >= 0.6 is 0 Å². The lowest BCUT2D eigenvalue weighted by Crippen LogP contribution is -2.15. The van der Waals surface area contributed by atoms with Crippen molar-refractivity contribution >= 4 is 0 Å². The topological polar surface area (TPSA) is 21.3 Å². The van der Waals surface area contributed by atoms with E-state index in [1.165, 1.54) is 43.2 Å². The van der Waals surface area contributed by atoms with Crippen molar-refractivity contribution in [3.05, 3.63) is 35.4 Å². The number of ether oxygens (including phenoxy) is 1. The van der Waals surface area contributed by atoms with Crippen LogP contribution in [0.4, 0.5) is 0 Å². The lowest BCUT2D eigenvalue weighted by molar-refractivity contribution is 0.115. The Morgan fingerprint density at radius 3 is 2.72 bits per heavy atom. The highest BCUT2D eigenvalue weighted by molar-refractivity contribution is 5.23. The van der Waals surface area contributed by atoms with E-state index in [1.54, 1.807) is 0 Å². The van der Waals surface area contributed by atoms with Crippen molar-refractivity contribution in [2.75, 3.05) is 6.61 Å². The fourth-order valence-corrected chi connectivity index (χ4v) is 2.23. The van der Waals surface area contributed by atoms with Crippen LogP contribution in [0.1, 0.15) is 43.2 Å². The largest absolute Gasteiger partial charge is 0.377 e. The molecule has 2 fully saturated rings. The molecule has 0 unspecified atom stereocenters. The molecule has 2 aliphatic rings. The summed E-state index contributed by atoms with van der Waals surface area (Å²) in [5.41, 5.74) is 2.69. The van der Waals surface area contributed by atoms with Gasteiger partial charge < -0.3 is 10.1 Å². The number of rotatable bonds is 8. The molecule has 2 aliphatic carbocycles. The second-order valence-electron chi connectivity index (χ2n) is 5.76. The van der Waals surface area contributed by atoms with Crippen molar-refractivity contribution < 1.29 is 4.74 Å². The second kappa shape index (κ2) is 5.85. The molecular weight excluding hydrogens is 222 g/mol. The molecule has 1 N–H and O–H groups in total. The molecule has 18 heavy (non-hydrogen) atoms. The molecule has 1 aromatic carbocycles. The van der Waals surface area contributed by atoms with Crippen molar-refractivity contribution in [1.82, 2.24) is 5.32 Å². The van der Waals surface area contributed by atoms with Gasteiger partial charge in [0.25, 0.3) is 0 Å². The Balaban J connectivity index is 1.40. The van der Waals surface area contributed by atoms with E-state index in [2.05, 4.69) is 29.6 Å². The summed E-state index contributed by atoms with van der Waals surface area (Å²) in [7, 11) is 0. The predicted molar refractivity (Wildman–Crippen MR) is 73.3 cm³/mol. The Hall–Kier alpha value is -0.860. The number of nitrogens with one attached hydrogen (secondary N) is 1. The molecule has 0 radical (unpaired) electrons. The summed E-state index contributed by atoms with van der Waals surface area (Å²) >= 11 is 0. The first-order chi connectivity index (χ1) is 8.90. The fourth-order valence-electron chi connectivity index (χ4n) is 2.23. The zero-order valence-corrected chi connectivity index (χ0v) is 11.0. The normalized spacial score (nSPS) is 19.1. The van der Waals surface area contributed by atoms with Crippen LogP contribution in [0.15, 0.2) is 24.3 Å². The van der Waals surface area contributed by atoms with Crippen LogP contribution in [-0.2, 0) is 17.9 Å². The summed E-state index contributed by atoms with van der Waals surface area (Å²) in [5, 5.41) is 3.55. The molecule has 0 spiro atoms. The molecule has 3 rings (SSSR count). The van der Waals surface area contributed by atoms with Crippen LogP contribution in [0.25, 0.3) is 0 Å². The SMILES string of the molecule is c1cc(CNC2CC2)cc(COCCC2CC2)c1. The van der Waals surface area contributed by atoms with Gasteiger partial charge in [-0.15, -0.1) is 0 Å². The van der Waals surface area contributed by atoms with E-state index in [1.807, 2.05) is 0 Å². The lowest BCUT2D eigenvalue weighted by Gasteiger charge is -2.07. The van der Waals surface area contributed by atoms with Gasteiger partial charge in [0.1, 0.15) is 0 Å². The van der Waals surface area contributed by atoms with Gasteiger partial charge in [-0.05, 0) is 36.3 Å². The minimum Gasteiger partial charge on any atom is -0.377 e. The van der Waals surface area contributed by atoms with Crippen molar-refractivity contribution in [2.24, 2.45) is 5.92 Å². The van der Waals surface area contributed by atoms with Gasteiger partial charge in [0.2, 0.25) is 0 Å². The highest BCUT2D eigenvalue weighted by atomic mass is 16.5. The molecule has 2 nitrogen and oxygen atoms in total. The van der Waals surface area contributed by atoms with Gasteiger partial charge in [-0.1, -0.05) is 37.1 Å². The molecule has 0 heterocycles. The molecule has 0 aromatic heterocycles. The maximum absolute atomic E-state index is 5.74. The van der Waals surface area contributed by atoms with Gasteiger partial charge in [-0.2, -0.15) is 0 Å². The highest BCUT2D eigenvalue weighted by Gasteiger charge is 2.20. The third-order valence-electron chi connectivity index (χ3n) is 3.80. The van der Waals surface area contributed by atoms with Crippen molar-refractivity contribution in [3.63, 3.8) is 0 Å². The molecule has 2 saturated carbocycles. The molecular formula is C16H23NO. The zero-order valence-electron chi connectivity index (χ0n) is 11.0. The average Bonchev–Trinajstić information content (AvgIpc) is 3.27. The highest BCUT2D eigenvalue weighted by Crippen LogP contribution is 2.32. The Morgan fingerprint density at radius 2 is 1.94 bits per heavy atom. The van der Waals surface area contributed by atoms with Crippen molar-refractivity contribution in [3.8, 4) is 0 Å². The molecule has 0 bridgehead atoms. The molecule has 1 aromatic rings. The molecule has 98 valence electrons.